The Balaban J connectivity index is 1.90. The number of aliphatic hydroxyl groups is 1. The van der Waals surface area contributed by atoms with Crippen LogP contribution >= 0.6 is 0 Å². The van der Waals surface area contributed by atoms with Crippen molar-refractivity contribution in [2.24, 2.45) is 5.92 Å². The SMILES string of the molecule is CC1(C)Oc2ccc(C#N)cc2[C@@H](NC(=O)C2CCCCC2)[C@@H]1O. The van der Waals surface area contributed by atoms with E-state index in [4.69, 9.17) is 10.00 Å². The summed E-state index contributed by atoms with van der Waals surface area (Å²) < 4.78 is 5.88. The number of ether oxygens (including phenoxy) is 1. The Morgan fingerprint density at radius 1 is 1.33 bits per heavy atom. The van der Waals surface area contributed by atoms with E-state index in [1.165, 1.54) is 6.42 Å². The highest BCUT2D eigenvalue weighted by molar-refractivity contribution is 5.79. The number of carbonyl (C=O) groups excluding carboxylic acids is 1. The van der Waals surface area contributed by atoms with Crippen LogP contribution in [0.2, 0.25) is 0 Å². The molecule has 2 N–H and O–H groups in total. The molecule has 24 heavy (non-hydrogen) atoms. The Bertz CT molecular complexity index is 672. The Morgan fingerprint density at radius 3 is 2.71 bits per heavy atom. The lowest BCUT2D eigenvalue weighted by Crippen LogP contribution is -2.54. The number of nitriles is 1. The van der Waals surface area contributed by atoms with Gasteiger partial charge < -0.3 is 15.2 Å². The lowest BCUT2D eigenvalue weighted by atomic mass is 9.84. The van der Waals surface area contributed by atoms with Crippen molar-refractivity contribution in [3.8, 4) is 11.8 Å². The van der Waals surface area contributed by atoms with E-state index in [1.54, 1.807) is 32.0 Å². The smallest absolute Gasteiger partial charge is 0.223 e. The van der Waals surface area contributed by atoms with Crippen molar-refractivity contribution in [2.45, 2.75) is 63.7 Å². The Kier molecular flexibility index (Phi) is 4.51. The summed E-state index contributed by atoms with van der Waals surface area (Å²) in [7, 11) is 0. The van der Waals surface area contributed by atoms with E-state index in [2.05, 4.69) is 11.4 Å². The van der Waals surface area contributed by atoms with E-state index in [0.717, 1.165) is 25.7 Å². The fourth-order valence-electron chi connectivity index (χ4n) is 3.66. The number of hydrogen-bond acceptors (Lipinski definition) is 4. The fourth-order valence-corrected chi connectivity index (χ4v) is 3.66. The highest BCUT2D eigenvalue weighted by atomic mass is 16.5. The van der Waals surface area contributed by atoms with Crippen LogP contribution in [0.15, 0.2) is 18.2 Å². The van der Waals surface area contributed by atoms with Crippen LogP contribution in [0, 0.1) is 17.2 Å². The van der Waals surface area contributed by atoms with Crippen LogP contribution in [0.4, 0.5) is 0 Å². The van der Waals surface area contributed by atoms with Crippen molar-refractivity contribution in [3.63, 3.8) is 0 Å². The average molecular weight is 328 g/mol. The summed E-state index contributed by atoms with van der Waals surface area (Å²) in [5.41, 5.74) is 0.345. The monoisotopic (exact) mass is 328 g/mol. The van der Waals surface area contributed by atoms with E-state index >= 15 is 0 Å². The minimum atomic E-state index is -0.883. The summed E-state index contributed by atoms with van der Waals surface area (Å²) in [6.45, 7) is 3.61. The predicted octanol–water partition coefficient (Wildman–Crippen LogP) is 2.83. The number of benzene rings is 1. The first kappa shape index (κ1) is 16.8. The molecular formula is C19H24N2O3. The fraction of sp³-hybridized carbons (Fsp3) is 0.579. The number of carbonyl (C=O) groups is 1. The van der Waals surface area contributed by atoms with Gasteiger partial charge in [-0.15, -0.1) is 0 Å². The van der Waals surface area contributed by atoms with Crippen molar-refractivity contribution in [1.29, 1.82) is 5.26 Å². The molecule has 1 aromatic carbocycles. The summed E-state index contributed by atoms with van der Waals surface area (Å²) >= 11 is 0. The standard InChI is InChI=1S/C19H24N2O3/c1-19(2)17(22)16(21-18(23)13-6-4-3-5-7-13)14-10-12(11-20)8-9-15(14)24-19/h8-10,13,16-17,22H,3-7H2,1-2H3,(H,21,23)/t16-,17+/m1/s1. The van der Waals surface area contributed by atoms with Gasteiger partial charge in [0.2, 0.25) is 5.91 Å². The van der Waals surface area contributed by atoms with Crippen LogP contribution < -0.4 is 10.1 Å². The van der Waals surface area contributed by atoms with Gasteiger partial charge in [0.25, 0.3) is 0 Å². The largest absolute Gasteiger partial charge is 0.485 e. The van der Waals surface area contributed by atoms with Gasteiger partial charge in [-0.25, -0.2) is 0 Å². The van der Waals surface area contributed by atoms with Crippen LogP contribution in [-0.2, 0) is 4.79 Å². The minimum absolute atomic E-state index is 0.00948. The maximum Gasteiger partial charge on any atom is 0.223 e. The van der Waals surface area contributed by atoms with Gasteiger partial charge in [0.15, 0.2) is 0 Å². The molecule has 0 saturated heterocycles. The average Bonchev–Trinajstić information content (AvgIpc) is 2.59. The molecule has 2 atom stereocenters. The summed E-state index contributed by atoms with van der Waals surface area (Å²) in [5, 5.41) is 22.9. The molecule has 0 bridgehead atoms. The van der Waals surface area contributed by atoms with Crippen LogP contribution in [-0.4, -0.2) is 22.7 Å². The van der Waals surface area contributed by atoms with Gasteiger partial charge in [0.1, 0.15) is 17.5 Å². The second kappa shape index (κ2) is 6.45. The molecule has 1 aromatic rings. The molecule has 0 radical (unpaired) electrons. The van der Waals surface area contributed by atoms with E-state index in [-0.39, 0.29) is 11.8 Å². The number of nitrogens with zero attached hydrogens (tertiary/aromatic N) is 1. The summed E-state index contributed by atoms with van der Waals surface area (Å²) in [6.07, 6.45) is 4.26. The quantitative estimate of drug-likeness (QED) is 0.874. The number of fused-ring (bicyclic) bond motifs is 1. The summed E-state index contributed by atoms with van der Waals surface area (Å²) in [5.74, 6) is 0.613. The van der Waals surface area contributed by atoms with Crippen molar-refractivity contribution >= 4 is 5.91 Å². The molecule has 1 aliphatic carbocycles. The molecule has 0 spiro atoms. The second-order valence-electron chi connectivity index (χ2n) is 7.34. The third-order valence-electron chi connectivity index (χ3n) is 5.15. The zero-order chi connectivity index (χ0) is 17.3. The van der Waals surface area contributed by atoms with Crippen LogP contribution in [0.1, 0.15) is 63.1 Å². The number of rotatable bonds is 2. The van der Waals surface area contributed by atoms with Gasteiger partial charge in [0.05, 0.1) is 17.7 Å². The molecule has 1 aliphatic heterocycles. The lowest BCUT2D eigenvalue weighted by Gasteiger charge is -2.42. The number of amides is 1. The highest BCUT2D eigenvalue weighted by Gasteiger charge is 2.44. The molecule has 1 fully saturated rings. The van der Waals surface area contributed by atoms with Crippen molar-refractivity contribution < 1.29 is 14.6 Å². The third kappa shape index (κ3) is 3.11. The van der Waals surface area contributed by atoms with E-state index in [9.17, 15) is 9.90 Å². The lowest BCUT2D eigenvalue weighted by molar-refractivity contribution is -0.130. The zero-order valence-corrected chi connectivity index (χ0v) is 14.2. The van der Waals surface area contributed by atoms with Crippen molar-refractivity contribution in [2.75, 3.05) is 0 Å². The molecule has 1 amide bonds. The predicted molar refractivity (Wildman–Crippen MR) is 89.3 cm³/mol. The van der Waals surface area contributed by atoms with Crippen molar-refractivity contribution in [3.05, 3.63) is 29.3 Å². The van der Waals surface area contributed by atoms with Gasteiger partial charge in [-0.2, -0.15) is 5.26 Å². The van der Waals surface area contributed by atoms with E-state index in [1.807, 2.05) is 0 Å². The molecule has 2 aliphatic rings. The maximum atomic E-state index is 12.7. The van der Waals surface area contributed by atoms with Crippen LogP contribution in [0.25, 0.3) is 0 Å². The number of nitrogens with one attached hydrogen (secondary N) is 1. The molecule has 5 nitrogen and oxygen atoms in total. The maximum absolute atomic E-state index is 12.7. The number of hydrogen-bond donors (Lipinski definition) is 2. The van der Waals surface area contributed by atoms with Gasteiger partial charge in [0, 0.05) is 11.5 Å². The van der Waals surface area contributed by atoms with Gasteiger partial charge >= 0.3 is 0 Å². The molecule has 1 saturated carbocycles. The highest BCUT2D eigenvalue weighted by Crippen LogP contribution is 2.40. The first-order chi connectivity index (χ1) is 11.4. The topological polar surface area (TPSA) is 82.3 Å². The summed E-state index contributed by atoms with van der Waals surface area (Å²) in [4.78, 5) is 12.7. The van der Waals surface area contributed by atoms with E-state index < -0.39 is 17.7 Å². The van der Waals surface area contributed by atoms with Gasteiger partial charge in [-0.1, -0.05) is 19.3 Å². The molecule has 0 aromatic heterocycles. The second-order valence-corrected chi connectivity index (χ2v) is 7.34. The third-order valence-corrected chi connectivity index (χ3v) is 5.15. The van der Waals surface area contributed by atoms with E-state index in [0.29, 0.717) is 16.9 Å². The first-order valence-electron chi connectivity index (χ1n) is 8.64. The van der Waals surface area contributed by atoms with Crippen molar-refractivity contribution in [1.82, 2.24) is 5.32 Å². The molecule has 0 unspecified atom stereocenters. The normalized spacial score (nSPS) is 25.9. The first-order valence-corrected chi connectivity index (χ1v) is 8.64. The zero-order valence-electron chi connectivity index (χ0n) is 14.2. The number of aliphatic hydroxyl groups excluding tert-OH is 1. The molecule has 1 heterocycles. The van der Waals surface area contributed by atoms with Gasteiger partial charge in [-0.3, -0.25) is 4.79 Å². The Hall–Kier alpha value is -2.06. The van der Waals surface area contributed by atoms with Gasteiger partial charge in [-0.05, 0) is 44.9 Å². The minimum Gasteiger partial charge on any atom is -0.485 e. The molecular weight excluding hydrogens is 304 g/mol. The summed E-state index contributed by atoms with van der Waals surface area (Å²) in [6, 6.07) is 6.66. The van der Waals surface area contributed by atoms with Crippen LogP contribution in [0.5, 0.6) is 5.75 Å². The Labute approximate surface area is 142 Å². The molecule has 128 valence electrons. The Morgan fingerprint density at radius 2 is 2.04 bits per heavy atom. The molecule has 5 heteroatoms. The molecule has 3 rings (SSSR count). The van der Waals surface area contributed by atoms with Crippen LogP contribution in [0.3, 0.4) is 0 Å².